The number of hydrogen-bond acceptors (Lipinski definition) is 7. The molecule has 0 radical (unpaired) electrons. The number of halogens is 1. The Kier molecular flexibility index (Phi) is 6.66. The van der Waals surface area contributed by atoms with Crippen LogP contribution in [0.5, 0.6) is 5.75 Å². The van der Waals surface area contributed by atoms with Crippen molar-refractivity contribution >= 4 is 12.4 Å². The summed E-state index contributed by atoms with van der Waals surface area (Å²) in [5.41, 5.74) is 1.15. The molecule has 1 aromatic carbocycles. The van der Waals surface area contributed by atoms with E-state index >= 15 is 0 Å². The van der Waals surface area contributed by atoms with E-state index in [1.807, 2.05) is 28.9 Å². The summed E-state index contributed by atoms with van der Waals surface area (Å²) in [6, 6.07) is 11.9. The van der Waals surface area contributed by atoms with Crippen LogP contribution in [0.4, 0.5) is 0 Å². The van der Waals surface area contributed by atoms with Gasteiger partial charge in [0.25, 0.3) is 0 Å². The highest BCUT2D eigenvalue weighted by Crippen LogP contribution is 2.29. The zero-order valence-electron chi connectivity index (χ0n) is 16.1. The molecule has 0 N–H and O–H groups in total. The third-order valence-electron chi connectivity index (χ3n) is 5.02. The molecule has 3 aromatic rings. The van der Waals surface area contributed by atoms with Crippen molar-refractivity contribution in [3.63, 3.8) is 0 Å². The van der Waals surface area contributed by atoms with Gasteiger partial charge in [0.15, 0.2) is 5.82 Å². The third kappa shape index (κ3) is 4.35. The van der Waals surface area contributed by atoms with Crippen molar-refractivity contribution in [3.05, 3.63) is 59.8 Å². The molecule has 9 heteroatoms. The van der Waals surface area contributed by atoms with Gasteiger partial charge in [0.1, 0.15) is 18.1 Å². The van der Waals surface area contributed by atoms with Gasteiger partial charge >= 0.3 is 0 Å². The SMILES string of the molecule is COc1ccc(C(c2nnnn2Cc2ccco2)N2CCN(C)CC2)cc1.Cl. The summed E-state index contributed by atoms with van der Waals surface area (Å²) in [5.74, 6) is 2.49. The summed E-state index contributed by atoms with van der Waals surface area (Å²) in [7, 11) is 3.83. The Labute approximate surface area is 170 Å². The molecule has 0 saturated carbocycles. The number of methoxy groups -OCH3 is 1. The van der Waals surface area contributed by atoms with E-state index in [4.69, 9.17) is 9.15 Å². The van der Waals surface area contributed by atoms with Crippen molar-refractivity contribution in [1.29, 1.82) is 0 Å². The Hall–Kier alpha value is -2.42. The maximum absolute atomic E-state index is 5.48. The highest BCUT2D eigenvalue weighted by atomic mass is 35.5. The van der Waals surface area contributed by atoms with Crippen molar-refractivity contribution < 1.29 is 9.15 Å². The minimum absolute atomic E-state index is 0. The fourth-order valence-corrected chi connectivity index (χ4v) is 3.46. The Balaban J connectivity index is 0.00000225. The number of nitrogens with zero attached hydrogens (tertiary/aromatic N) is 6. The summed E-state index contributed by atoms with van der Waals surface area (Å²) < 4.78 is 12.6. The maximum atomic E-state index is 5.48. The van der Waals surface area contributed by atoms with Crippen LogP contribution in [0.15, 0.2) is 47.1 Å². The topological polar surface area (TPSA) is 72.4 Å². The lowest BCUT2D eigenvalue weighted by Gasteiger charge is -2.37. The van der Waals surface area contributed by atoms with Gasteiger partial charge in [0.2, 0.25) is 0 Å². The van der Waals surface area contributed by atoms with Gasteiger partial charge < -0.3 is 14.1 Å². The molecule has 0 aliphatic carbocycles. The molecule has 8 nitrogen and oxygen atoms in total. The molecule has 1 aliphatic heterocycles. The van der Waals surface area contributed by atoms with Crippen LogP contribution in [0.1, 0.15) is 23.2 Å². The summed E-state index contributed by atoms with van der Waals surface area (Å²) in [4.78, 5) is 4.78. The van der Waals surface area contributed by atoms with Gasteiger partial charge in [0, 0.05) is 26.2 Å². The van der Waals surface area contributed by atoms with E-state index in [-0.39, 0.29) is 18.4 Å². The van der Waals surface area contributed by atoms with Crippen molar-refractivity contribution in [2.24, 2.45) is 0 Å². The largest absolute Gasteiger partial charge is 0.497 e. The minimum Gasteiger partial charge on any atom is -0.497 e. The number of hydrogen-bond donors (Lipinski definition) is 0. The molecule has 0 spiro atoms. The lowest BCUT2D eigenvalue weighted by molar-refractivity contribution is 0.121. The predicted octanol–water partition coefficient (Wildman–Crippen LogP) is 2.08. The van der Waals surface area contributed by atoms with Crippen LogP contribution >= 0.6 is 12.4 Å². The molecule has 1 saturated heterocycles. The monoisotopic (exact) mass is 404 g/mol. The Morgan fingerprint density at radius 2 is 1.86 bits per heavy atom. The molecule has 1 unspecified atom stereocenters. The van der Waals surface area contributed by atoms with E-state index in [1.165, 1.54) is 0 Å². The number of ether oxygens (including phenoxy) is 1. The number of likely N-dealkylation sites (N-methyl/N-ethyl adjacent to an activating group) is 1. The fourth-order valence-electron chi connectivity index (χ4n) is 3.46. The van der Waals surface area contributed by atoms with Crippen LogP contribution in [0.3, 0.4) is 0 Å². The second-order valence-corrected chi connectivity index (χ2v) is 6.79. The van der Waals surface area contributed by atoms with E-state index in [0.717, 1.165) is 49.1 Å². The number of aromatic nitrogens is 4. The van der Waals surface area contributed by atoms with Gasteiger partial charge in [-0.15, -0.1) is 17.5 Å². The summed E-state index contributed by atoms with van der Waals surface area (Å²) >= 11 is 0. The van der Waals surface area contributed by atoms with E-state index in [0.29, 0.717) is 6.54 Å². The third-order valence-corrected chi connectivity index (χ3v) is 5.02. The van der Waals surface area contributed by atoms with Crippen molar-refractivity contribution in [1.82, 2.24) is 30.0 Å². The van der Waals surface area contributed by atoms with Crippen molar-refractivity contribution in [3.8, 4) is 5.75 Å². The minimum atomic E-state index is -0.0189. The van der Waals surface area contributed by atoms with Gasteiger partial charge in [-0.25, -0.2) is 4.68 Å². The van der Waals surface area contributed by atoms with Gasteiger partial charge in [-0.3, -0.25) is 4.90 Å². The summed E-state index contributed by atoms with van der Waals surface area (Å²) in [6.45, 7) is 4.47. The molecule has 3 heterocycles. The highest BCUT2D eigenvalue weighted by Gasteiger charge is 2.30. The van der Waals surface area contributed by atoms with E-state index in [2.05, 4.69) is 44.5 Å². The van der Waals surface area contributed by atoms with E-state index in [1.54, 1.807) is 13.4 Å². The molecule has 1 fully saturated rings. The van der Waals surface area contributed by atoms with Crippen LogP contribution in [-0.4, -0.2) is 70.3 Å². The first-order valence-electron chi connectivity index (χ1n) is 9.09. The first-order valence-corrected chi connectivity index (χ1v) is 9.09. The molecule has 1 aliphatic rings. The van der Waals surface area contributed by atoms with Crippen molar-refractivity contribution in [2.45, 2.75) is 12.6 Å². The molecule has 1 atom stereocenters. The van der Waals surface area contributed by atoms with Crippen LogP contribution < -0.4 is 4.74 Å². The first kappa shape index (κ1) is 20.3. The molecule has 0 amide bonds. The number of rotatable bonds is 6. The summed E-state index contributed by atoms with van der Waals surface area (Å²) in [6.07, 6.45) is 1.67. The highest BCUT2D eigenvalue weighted by molar-refractivity contribution is 5.85. The number of benzene rings is 1. The molecular formula is C19H25ClN6O2. The van der Waals surface area contributed by atoms with Crippen LogP contribution in [0.25, 0.3) is 0 Å². The molecule has 0 bridgehead atoms. The molecule has 2 aromatic heterocycles. The molecule has 4 rings (SSSR count). The molecule has 28 heavy (non-hydrogen) atoms. The Bertz CT molecular complexity index is 844. The first-order chi connectivity index (χ1) is 13.2. The average Bonchev–Trinajstić information content (AvgIpc) is 3.37. The average molecular weight is 405 g/mol. The number of furan rings is 1. The maximum Gasteiger partial charge on any atom is 0.173 e. The Morgan fingerprint density at radius 1 is 1.11 bits per heavy atom. The van der Waals surface area contributed by atoms with Gasteiger partial charge in [0.05, 0.1) is 19.4 Å². The zero-order valence-corrected chi connectivity index (χ0v) is 16.9. The number of tetrazole rings is 1. The fraction of sp³-hybridized carbons (Fsp3) is 0.421. The van der Waals surface area contributed by atoms with Crippen LogP contribution in [-0.2, 0) is 6.54 Å². The van der Waals surface area contributed by atoms with Gasteiger partial charge in [-0.05, 0) is 47.3 Å². The standard InChI is InChI=1S/C19H24N6O2.ClH/c1-23-9-11-24(12-10-23)18(15-5-7-16(26-2)8-6-15)19-20-21-22-25(19)14-17-4-3-13-27-17;/h3-8,13,18H,9-12,14H2,1-2H3;1H. The zero-order chi connectivity index (χ0) is 18.6. The second-order valence-electron chi connectivity index (χ2n) is 6.79. The summed E-state index contributed by atoms with van der Waals surface area (Å²) in [5, 5.41) is 12.6. The quantitative estimate of drug-likeness (QED) is 0.622. The molecule has 150 valence electrons. The smallest absolute Gasteiger partial charge is 0.173 e. The second kappa shape index (κ2) is 9.18. The predicted molar refractivity (Wildman–Crippen MR) is 107 cm³/mol. The lowest BCUT2D eigenvalue weighted by Crippen LogP contribution is -2.46. The number of piperazine rings is 1. The lowest BCUT2D eigenvalue weighted by atomic mass is 10.0. The Morgan fingerprint density at radius 3 is 2.50 bits per heavy atom. The van der Waals surface area contributed by atoms with Crippen LogP contribution in [0.2, 0.25) is 0 Å². The molecular weight excluding hydrogens is 380 g/mol. The van der Waals surface area contributed by atoms with Crippen molar-refractivity contribution in [2.75, 3.05) is 40.3 Å². The van der Waals surface area contributed by atoms with Gasteiger partial charge in [-0.1, -0.05) is 12.1 Å². The van der Waals surface area contributed by atoms with E-state index in [9.17, 15) is 0 Å². The normalized spacial score (nSPS) is 16.5. The van der Waals surface area contributed by atoms with Gasteiger partial charge in [-0.2, -0.15) is 0 Å². The van der Waals surface area contributed by atoms with Crippen LogP contribution in [0, 0.1) is 0 Å². The van der Waals surface area contributed by atoms with E-state index < -0.39 is 0 Å².